The van der Waals surface area contributed by atoms with E-state index in [2.05, 4.69) is 121 Å². The molecule has 1 aliphatic carbocycles. The van der Waals surface area contributed by atoms with E-state index in [4.69, 9.17) is 24.1 Å². The molecule has 10 aromatic rings. The number of nitrogens with zero attached hydrogens (tertiary/aromatic N) is 3. The van der Waals surface area contributed by atoms with Gasteiger partial charge in [0.1, 0.15) is 22.7 Å². The Morgan fingerprint density at radius 3 is 1.58 bits per heavy atom. The summed E-state index contributed by atoms with van der Waals surface area (Å²) in [5, 5.41) is 2.08. The number of para-hydroxylation sites is 1. The van der Waals surface area contributed by atoms with E-state index in [-0.39, 0.29) is 0 Å². The quantitative estimate of drug-likeness (QED) is 0.180. The zero-order valence-corrected chi connectivity index (χ0v) is 30.6. The summed E-state index contributed by atoms with van der Waals surface area (Å²) >= 11 is 0. The van der Waals surface area contributed by atoms with Gasteiger partial charge in [-0.25, -0.2) is 15.0 Å². The molecule has 3 heterocycles. The van der Waals surface area contributed by atoms with Crippen molar-refractivity contribution in [2.45, 2.75) is 5.41 Å². The molecule has 0 amide bonds. The highest BCUT2D eigenvalue weighted by atomic mass is 16.5. The van der Waals surface area contributed by atoms with Gasteiger partial charge in [0.15, 0.2) is 17.5 Å². The number of benzene rings is 8. The minimum atomic E-state index is -0.545. The van der Waals surface area contributed by atoms with Crippen LogP contribution in [0.25, 0.3) is 78.4 Å². The normalized spacial score (nSPS) is 13.2. The number of hydrogen-bond donors (Lipinski definition) is 0. The summed E-state index contributed by atoms with van der Waals surface area (Å²) in [5.74, 6) is 3.57. The second-order valence-electron chi connectivity index (χ2n) is 14.7. The Kier molecular flexibility index (Phi) is 6.78. The molecule has 0 bridgehead atoms. The van der Waals surface area contributed by atoms with Gasteiger partial charge in [0.05, 0.1) is 5.41 Å². The van der Waals surface area contributed by atoms with Crippen molar-refractivity contribution in [3.63, 3.8) is 0 Å². The Hall–Kier alpha value is -7.63. The van der Waals surface area contributed by atoms with Gasteiger partial charge >= 0.3 is 0 Å². The third kappa shape index (κ3) is 4.66. The monoisotopic (exact) mass is 729 g/mol. The summed E-state index contributed by atoms with van der Waals surface area (Å²) in [7, 11) is 0. The van der Waals surface area contributed by atoms with Crippen LogP contribution in [0.15, 0.2) is 192 Å². The van der Waals surface area contributed by atoms with Crippen molar-refractivity contribution in [2.75, 3.05) is 0 Å². The molecule has 8 aromatic carbocycles. The highest BCUT2D eigenvalue weighted by molar-refractivity contribution is 6.13. The molecular weight excluding hydrogens is 699 g/mol. The average Bonchev–Trinajstić information content (AvgIpc) is 3.81. The van der Waals surface area contributed by atoms with E-state index in [1.165, 1.54) is 22.3 Å². The predicted octanol–water partition coefficient (Wildman–Crippen LogP) is 12.9. The smallest absolute Gasteiger partial charge is 0.164 e. The van der Waals surface area contributed by atoms with Crippen molar-refractivity contribution in [1.29, 1.82) is 0 Å². The number of hydrogen-bond acceptors (Lipinski definition) is 5. The van der Waals surface area contributed by atoms with Gasteiger partial charge in [-0.1, -0.05) is 152 Å². The first kappa shape index (κ1) is 31.7. The fraction of sp³-hybridized carbons (Fsp3) is 0.0192. The highest BCUT2D eigenvalue weighted by Gasteiger charge is 2.51. The van der Waals surface area contributed by atoms with E-state index in [1.54, 1.807) is 0 Å². The van der Waals surface area contributed by atoms with E-state index in [0.717, 1.165) is 72.4 Å². The van der Waals surface area contributed by atoms with Crippen LogP contribution < -0.4 is 4.74 Å². The Balaban J connectivity index is 1.03. The summed E-state index contributed by atoms with van der Waals surface area (Å²) in [4.78, 5) is 14.8. The van der Waals surface area contributed by atoms with Gasteiger partial charge in [-0.05, 0) is 69.8 Å². The summed E-state index contributed by atoms with van der Waals surface area (Å²) < 4.78 is 13.4. The zero-order valence-electron chi connectivity index (χ0n) is 30.6. The van der Waals surface area contributed by atoms with Crippen LogP contribution in [0.2, 0.25) is 0 Å². The molecule has 2 aromatic heterocycles. The summed E-state index contributed by atoms with van der Waals surface area (Å²) in [6.45, 7) is 0. The second-order valence-corrected chi connectivity index (χ2v) is 14.7. The van der Waals surface area contributed by atoms with Crippen LogP contribution in [0.5, 0.6) is 11.5 Å². The van der Waals surface area contributed by atoms with Crippen molar-refractivity contribution in [3.8, 4) is 67.9 Å². The molecule has 0 unspecified atom stereocenters. The number of furan rings is 1. The minimum Gasteiger partial charge on any atom is -0.457 e. The molecule has 0 atom stereocenters. The molecule has 5 nitrogen and oxygen atoms in total. The number of fused-ring (bicyclic) bond motifs is 12. The Morgan fingerprint density at radius 2 is 0.895 bits per heavy atom. The summed E-state index contributed by atoms with van der Waals surface area (Å²) in [5.41, 5.74) is 13.2. The third-order valence-corrected chi connectivity index (χ3v) is 11.6. The first-order chi connectivity index (χ1) is 28.2. The molecule has 5 heteroatoms. The molecule has 0 fully saturated rings. The molecule has 266 valence electrons. The van der Waals surface area contributed by atoms with E-state index in [1.807, 2.05) is 66.7 Å². The van der Waals surface area contributed by atoms with Crippen LogP contribution in [-0.4, -0.2) is 15.0 Å². The van der Waals surface area contributed by atoms with Gasteiger partial charge in [-0.15, -0.1) is 0 Å². The topological polar surface area (TPSA) is 61.0 Å². The van der Waals surface area contributed by atoms with Crippen LogP contribution in [-0.2, 0) is 5.41 Å². The van der Waals surface area contributed by atoms with Gasteiger partial charge in [0, 0.05) is 38.6 Å². The molecule has 2 aliphatic rings. The predicted molar refractivity (Wildman–Crippen MR) is 226 cm³/mol. The third-order valence-electron chi connectivity index (χ3n) is 11.6. The van der Waals surface area contributed by atoms with Crippen molar-refractivity contribution < 1.29 is 9.15 Å². The van der Waals surface area contributed by atoms with Crippen LogP contribution >= 0.6 is 0 Å². The largest absolute Gasteiger partial charge is 0.457 e. The lowest BCUT2D eigenvalue weighted by atomic mass is 9.65. The highest BCUT2D eigenvalue weighted by Crippen LogP contribution is 2.62. The molecule has 57 heavy (non-hydrogen) atoms. The van der Waals surface area contributed by atoms with E-state index in [0.29, 0.717) is 17.5 Å². The van der Waals surface area contributed by atoms with Gasteiger partial charge in [0.25, 0.3) is 0 Å². The Labute approximate surface area is 328 Å². The molecule has 12 rings (SSSR count). The molecule has 0 saturated heterocycles. The van der Waals surface area contributed by atoms with Crippen molar-refractivity contribution in [2.24, 2.45) is 0 Å². The van der Waals surface area contributed by atoms with Gasteiger partial charge in [0.2, 0.25) is 0 Å². The first-order valence-electron chi connectivity index (χ1n) is 19.2. The van der Waals surface area contributed by atoms with E-state index in [9.17, 15) is 0 Å². The minimum absolute atomic E-state index is 0.545. The zero-order chi connectivity index (χ0) is 37.5. The van der Waals surface area contributed by atoms with E-state index < -0.39 is 5.41 Å². The maximum Gasteiger partial charge on any atom is 0.164 e. The Morgan fingerprint density at radius 1 is 0.351 bits per heavy atom. The van der Waals surface area contributed by atoms with Crippen molar-refractivity contribution >= 4 is 21.9 Å². The van der Waals surface area contributed by atoms with Crippen LogP contribution in [0.1, 0.15) is 22.3 Å². The number of aromatic nitrogens is 3. The van der Waals surface area contributed by atoms with Crippen molar-refractivity contribution in [1.82, 2.24) is 15.0 Å². The lowest BCUT2D eigenvalue weighted by Gasteiger charge is -2.39. The molecule has 1 aliphatic heterocycles. The van der Waals surface area contributed by atoms with Gasteiger partial charge in [-0.2, -0.15) is 0 Å². The SMILES string of the molecule is c1ccc(-c2nc(-c3ccccc3)nc(-c3ccc4c(c3)oc3cccc(-c5ccc6c(c5)C5(c7ccccc7O6)c6ccccc6-c6ccccc65)c34)n2)cc1. The first-order valence-corrected chi connectivity index (χ1v) is 19.2. The summed E-state index contributed by atoms with van der Waals surface area (Å²) in [6, 6.07) is 65.5. The molecular formula is C52H31N3O2. The Bertz CT molecular complexity index is 3120. The van der Waals surface area contributed by atoms with Crippen LogP contribution in [0, 0.1) is 0 Å². The van der Waals surface area contributed by atoms with Crippen molar-refractivity contribution in [3.05, 3.63) is 210 Å². The fourth-order valence-corrected chi connectivity index (χ4v) is 9.17. The van der Waals surface area contributed by atoms with Gasteiger partial charge < -0.3 is 9.15 Å². The molecule has 0 saturated carbocycles. The fourth-order valence-electron chi connectivity index (χ4n) is 9.17. The standard InChI is InChI=1S/C52H31N3O2/c1-3-14-32(15-4-1)49-53-50(33-16-5-2-6-17-33)55-51(54-49)35-26-28-39-47(31-35)57-46-25-13-20-36(48(39)46)34-27-29-45-43(30-34)52(42-23-11-12-24-44(42)56-45)40-21-9-7-18-37(40)38-19-8-10-22-41(38)52/h1-31H. The van der Waals surface area contributed by atoms with Gasteiger partial charge in [-0.3, -0.25) is 0 Å². The lowest BCUT2D eigenvalue weighted by molar-refractivity contribution is 0.436. The maximum atomic E-state index is 6.72. The molecule has 0 radical (unpaired) electrons. The van der Waals surface area contributed by atoms with Crippen LogP contribution in [0.4, 0.5) is 0 Å². The lowest BCUT2D eigenvalue weighted by Crippen LogP contribution is -2.32. The second kappa shape index (κ2) is 12.2. The summed E-state index contributed by atoms with van der Waals surface area (Å²) in [6.07, 6.45) is 0. The number of ether oxygens (including phenoxy) is 1. The molecule has 0 N–H and O–H groups in total. The van der Waals surface area contributed by atoms with Crippen LogP contribution in [0.3, 0.4) is 0 Å². The average molecular weight is 730 g/mol. The number of rotatable bonds is 4. The maximum absolute atomic E-state index is 6.72. The van der Waals surface area contributed by atoms with E-state index >= 15 is 0 Å². The molecule has 1 spiro atoms.